The standard InChI is InChI=1S/C19H22N6O2/c26-18(14-25-19(27)23-10-6-2-5-9-17(23)22-25)20-11-15-12-21-24(13-15)16-7-3-1-4-8-16/h1,3-4,7-8,12-13H,2,5-6,9-11,14H2,(H,20,26). The molecule has 1 amide bonds. The van der Waals surface area contributed by atoms with E-state index >= 15 is 0 Å². The van der Waals surface area contributed by atoms with Gasteiger partial charge in [0.15, 0.2) is 0 Å². The lowest BCUT2D eigenvalue weighted by Crippen LogP contribution is -2.33. The minimum atomic E-state index is -0.238. The lowest BCUT2D eigenvalue weighted by molar-refractivity contribution is -0.122. The summed E-state index contributed by atoms with van der Waals surface area (Å²) < 4.78 is 4.73. The van der Waals surface area contributed by atoms with Gasteiger partial charge in [0, 0.05) is 31.3 Å². The number of para-hydroxylation sites is 1. The van der Waals surface area contributed by atoms with Crippen molar-refractivity contribution in [2.75, 3.05) is 0 Å². The maximum Gasteiger partial charge on any atom is 0.346 e. The zero-order valence-corrected chi connectivity index (χ0v) is 15.0. The molecule has 1 N–H and O–H groups in total. The Morgan fingerprint density at radius 1 is 1.15 bits per heavy atom. The maximum absolute atomic E-state index is 12.4. The van der Waals surface area contributed by atoms with E-state index < -0.39 is 0 Å². The summed E-state index contributed by atoms with van der Waals surface area (Å²) in [7, 11) is 0. The first-order valence-electron chi connectivity index (χ1n) is 9.23. The zero-order valence-electron chi connectivity index (χ0n) is 15.0. The summed E-state index contributed by atoms with van der Waals surface area (Å²) in [5.41, 5.74) is 1.65. The summed E-state index contributed by atoms with van der Waals surface area (Å²) in [6.07, 6.45) is 7.52. The van der Waals surface area contributed by atoms with E-state index in [-0.39, 0.29) is 18.1 Å². The molecule has 3 heterocycles. The van der Waals surface area contributed by atoms with Crippen LogP contribution in [0.25, 0.3) is 5.69 Å². The van der Waals surface area contributed by atoms with Crippen LogP contribution in [0, 0.1) is 0 Å². The molecule has 2 aromatic heterocycles. The van der Waals surface area contributed by atoms with Crippen LogP contribution in [0.3, 0.4) is 0 Å². The SMILES string of the molecule is O=C(Cn1nc2n(c1=O)CCCCC2)NCc1cnn(-c2ccccc2)c1. The molecule has 1 aliphatic heterocycles. The molecule has 0 spiro atoms. The Hall–Kier alpha value is -3.16. The molecule has 0 atom stereocenters. The molecule has 8 nitrogen and oxygen atoms in total. The Morgan fingerprint density at radius 2 is 2.00 bits per heavy atom. The van der Waals surface area contributed by atoms with Crippen molar-refractivity contribution in [1.82, 2.24) is 29.4 Å². The summed E-state index contributed by atoms with van der Waals surface area (Å²) in [5.74, 6) is 0.548. The van der Waals surface area contributed by atoms with Crippen molar-refractivity contribution in [3.05, 3.63) is 64.6 Å². The van der Waals surface area contributed by atoms with Crippen LogP contribution in [0.15, 0.2) is 47.5 Å². The lowest BCUT2D eigenvalue weighted by atomic mass is 10.2. The molecule has 140 valence electrons. The topological polar surface area (TPSA) is 86.7 Å². The number of carbonyl (C=O) groups excluding carboxylic acids is 1. The van der Waals surface area contributed by atoms with Crippen molar-refractivity contribution in [1.29, 1.82) is 0 Å². The number of amides is 1. The monoisotopic (exact) mass is 366 g/mol. The first-order chi connectivity index (χ1) is 13.2. The highest BCUT2D eigenvalue weighted by atomic mass is 16.2. The molecular weight excluding hydrogens is 344 g/mol. The maximum atomic E-state index is 12.4. The highest BCUT2D eigenvalue weighted by Gasteiger charge is 2.17. The molecule has 8 heteroatoms. The second-order valence-electron chi connectivity index (χ2n) is 6.72. The summed E-state index contributed by atoms with van der Waals surface area (Å²) in [5, 5.41) is 11.5. The number of nitrogens with zero attached hydrogens (tertiary/aromatic N) is 5. The highest BCUT2D eigenvalue weighted by molar-refractivity contribution is 5.75. The number of aromatic nitrogens is 5. The largest absolute Gasteiger partial charge is 0.350 e. The number of nitrogens with one attached hydrogen (secondary N) is 1. The van der Waals surface area contributed by atoms with E-state index in [1.807, 2.05) is 36.5 Å². The van der Waals surface area contributed by atoms with Gasteiger partial charge in [0.05, 0.1) is 11.9 Å². The van der Waals surface area contributed by atoms with E-state index in [1.165, 1.54) is 4.68 Å². The summed E-state index contributed by atoms with van der Waals surface area (Å²) >= 11 is 0. The van der Waals surface area contributed by atoms with Gasteiger partial charge >= 0.3 is 5.69 Å². The van der Waals surface area contributed by atoms with Crippen LogP contribution in [0.5, 0.6) is 0 Å². The predicted octanol–water partition coefficient (Wildman–Crippen LogP) is 1.27. The molecule has 1 aromatic carbocycles. The van der Waals surface area contributed by atoms with E-state index in [1.54, 1.807) is 15.4 Å². The average Bonchev–Trinajstić information content (AvgIpc) is 3.19. The van der Waals surface area contributed by atoms with Crippen molar-refractivity contribution in [2.24, 2.45) is 0 Å². The molecule has 3 aromatic rings. The normalized spacial score (nSPS) is 13.8. The molecule has 0 fully saturated rings. The molecule has 4 rings (SSSR count). The van der Waals surface area contributed by atoms with Gasteiger partial charge in [-0.3, -0.25) is 9.36 Å². The number of hydrogen-bond acceptors (Lipinski definition) is 4. The number of rotatable bonds is 5. The fraction of sp³-hybridized carbons (Fsp3) is 0.368. The first-order valence-corrected chi connectivity index (χ1v) is 9.23. The van der Waals surface area contributed by atoms with Gasteiger partial charge in [0.25, 0.3) is 0 Å². The average molecular weight is 366 g/mol. The van der Waals surface area contributed by atoms with Gasteiger partial charge in [0.2, 0.25) is 5.91 Å². The third kappa shape index (κ3) is 3.84. The molecule has 0 bridgehead atoms. The van der Waals surface area contributed by atoms with Crippen molar-refractivity contribution < 1.29 is 4.79 Å². The quantitative estimate of drug-likeness (QED) is 0.737. The Bertz CT molecular complexity index is 985. The predicted molar refractivity (Wildman–Crippen MR) is 99.5 cm³/mol. The molecule has 0 aliphatic carbocycles. The Balaban J connectivity index is 1.37. The number of carbonyl (C=O) groups is 1. The van der Waals surface area contributed by atoms with Crippen molar-refractivity contribution in [3.63, 3.8) is 0 Å². The van der Waals surface area contributed by atoms with Crippen molar-refractivity contribution >= 4 is 5.91 Å². The summed E-state index contributed by atoms with van der Waals surface area (Å²) in [6, 6.07) is 9.77. The minimum Gasteiger partial charge on any atom is -0.350 e. The summed E-state index contributed by atoms with van der Waals surface area (Å²) in [4.78, 5) is 24.7. The molecule has 27 heavy (non-hydrogen) atoms. The van der Waals surface area contributed by atoms with Gasteiger partial charge in [-0.05, 0) is 25.0 Å². The molecule has 1 aliphatic rings. The van der Waals surface area contributed by atoms with Crippen molar-refractivity contribution in [3.8, 4) is 5.69 Å². The van der Waals surface area contributed by atoms with E-state index in [0.29, 0.717) is 13.1 Å². The van der Waals surface area contributed by atoms with Crippen LogP contribution in [-0.2, 0) is 30.8 Å². The van der Waals surface area contributed by atoms with Gasteiger partial charge in [-0.15, -0.1) is 0 Å². The summed E-state index contributed by atoms with van der Waals surface area (Å²) in [6.45, 7) is 0.980. The van der Waals surface area contributed by atoms with Crippen LogP contribution in [0.2, 0.25) is 0 Å². The van der Waals surface area contributed by atoms with Gasteiger partial charge in [-0.1, -0.05) is 24.6 Å². The van der Waals surface area contributed by atoms with E-state index in [9.17, 15) is 9.59 Å². The molecule has 0 saturated heterocycles. The van der Waals surface area contributed by atoms with E-state index in [0.717, 1.165) is 42.8 Å². The zero-order chi connectivity index (χ0) is 18.6. The first kappa shape index (κ1) is 17.3. The number of fused-ring (bicyclic) bond motifs is 1. The fourth-order valence-corrected chi connectivity index (χ4v) is 3.29. The van der Waals surface area contributed by atoms with Crippen LogP contribution < -0.4 is 11.0 Å². The van der Waals surface area contributed by atoms with E-state index in [2.05, 4.69) is 15.5 Å². The molecule has 0 saturated carbocycles. The number of aryl methyl sites for hydroxylation is 1. The van der Waals surface area contributed by atoms with Gasteiger partial charge in [-0.2, -0.15) is 10.2 Å². The van der Waals surface area contributed by atoms with Crippen LogP contribution in [0.1, 0.15) is 30.7 Å². The third-order valence-electron chi connectivity index (χ3n) is 4.72. The molecule has 0 radical (unpaired) electrons. The van der Waals surface area contributed by atoms with Crippen molar-refractivity contribution in [2.45, 2.75) is 45.3 Å². The molecular formula is C19H22N6O2. The smallest absolute Gasteiger partial charge is 0.346 e. The Kier molecular flexibility index (Phi) is 4.86. The molecule has 0 unspecified atom stereocenters. The third-order valence-corrected chi connectivity index (χ3v) is 4.72. The lowest BCUT2D eigenvalue weighted by Gasteiger charge is -2.03. The van der Waals surface area contributed by atoms with Crippen LogP contribution >= 0.6 is 0 Å². The van der Waals surface area contributed by atoms with Crippen LogP contribution in [-0.4, -0.2) is 30.0 Å². The Labute approximate surface area is 156 Å². The minimum absolute atomic E-state index is 0.0638. The van der Waals surface area contributed by atoms with Gasteiger partial charge in [-0.25, -0.2) is 14.2 Å². The number of hydrogen-bond donors (Lipinski definition) is 1. The Morgan fingerprint density at radius 3 is 2.85 bits per heavy atom. The van der Waals surface area contributed by atoms with Gasteiger partial charge < -0.3 is 5.32 Å². The highest BCUT2D eigenvalue weighted by Crippen LogP contribution is 2.10. The van der Waals surface area contributed by atoms with E-state index in [4.69, 9.17) is 0 Å². The fourth-order valence-electron chi connectivity index (χ4n) is 3.29. The second-order valence-corrected chi connectivity index (χ2v) is 6.72. The van der Waals surface area contributed by atoms with Gasteiger partial charge in [0.1, 0.15) is 12.4 Å². The number of benzene rings is 1. The second kappa shape index (κ2) is 7.61. The van der Waals surface area contributed by atoms with Crippen LogP contribution in [0.4, 0.5) is 0 Å².